The number of nitrogens with zero attached hydrogens (tertiary/aromatic N) is 1. The van der Waals surface area contributed by atoms with Crippen LogP contribution in [0.3, 0.4) is 0 Å². The number of unbranched alkanes of at least 4 members (excludes halogenated alkanes) is 41. The first kappa shape index (κ1) is 66.0. The summed E-state index contributed by atoms with van der Waals surface area (Å²) in [6.07, 6.45) is 56.0. The summed E-state index contributed by atoms with van der Waals surface area (Å²) in [5.74, 6) is -0.773. The molecule has 2 atom stereocenters. The number of phosphoric acid groups is 1. The van der Waals surface area contributed by atoms with Crippen LogP contribution < -0.4 is 0 Å². The van der Waals surface area contributed by atoms with E-state index in [4.69, 9.17) is 18.5 Å². The van der Waals surface area contributed by atoms with Gasteiger partial charge < -0.3 is 18.9 Å². The lowest BCUT2D eigenvalue weighted by Crippen LogP contribution is -2.37. The van der Waals surface area contributed by atoms with Gasteiger partial charge in [0.15, 0.2) is 6.10 Å². The fraction of sp³-hybridized carbons (Fsp3) is 0.965. The van der Waals surface area contributed by atoms with Gasteiger partial charge in [0.05, 0.1) is 27.7 Å². The number of quaternary nitrogens is 1. The Morgan fingerprint density at radius 1 is 0.403 bits per heavy atom. The zero-order valence-electron chi connectivity index (χ0n) is 45.4. The third kappa shape index (κ3) is 54.2. The zero-order valence-corrected chi connectivity index (χ0v) is 46.3. The molecule has 0 amide bonds. The fourth-order valence-electron chi connectivity index (χ4n) is 8.84. The molecule has 400 valence electrons. The van der Waals surface area contributed by atoms with Crippen LogP contribution in [0, 0.1) is 0 Å². The third-order valence-electron chi connectivity index (χ3n) is 13.4. The number of esters is 2. The highest BCUT2D eigenvalue weighted by molar-refractivity contribution is 7.47. The molecule has 1 N–H and O–H groups in total. The molecule has 10 heteroatoms. The molecule has 67 heavy (non-hydrogen) atoms. The molecule has 0 spiro atoms. The van der Waals surface area contributed by atoms with E-state index in [0.717, 1.165) is 38.5 Å². The minimum Gasteiger partial charge on any atom is -0.462 e. The summed E-state index contributed by atoms with van der Waals surface area (Å²) in [7, 11) is 1.50. The maximum Gasteiger partial charge on any atom is 0.472 e. The number of carbonyl (C=O) groups excluding carboxylic acids is 2. The Balaban J connectivity index is 4.10. The molecule has 0 heterocycles. The Morgan fingerprint density at radius 2 is 0.672 bits per heavy atom. The lowest BCUT2D eigenvalue weighted by atomic mass is 10.0. The minimum absolute atomic E-state index is 0.0374. The monoisotopic (exact) mass is 973 g/mol. The molecule has 0 saturated heterocycles. The molecular weight excluding hydrogens is 858 g/mol. The average Bonchev–Trinajstić information content (AvgIpc) is 3.29. The molecule has 0 aromatic rings. The molecule has 0 aromatic carbocycles. The molecule has 0 aliphatic carbocycles. The summed E-state index contributed by atoms with van der Waals surface area (Å²) in [6.45, 7) is 4.51. The van der Waals surface area contributed by atoms with Gasteiger partial charge in [-0.25, -0.2) is 4.57 Å². The van der Waals surface area contributed by atoms with Crippen molar-refractivity contribution in [2.45, 2.75) is 309 Å². The lowest BCUT2D eigenvalue weighted by molar-refractivity contribution is -0.870. The first-order chi connectivity index (χ1) is 32.5. The first-order valence-electron chi connectivity index (χ1n) is 29.3. The fourth-order valence-corrected chi connectivity index (χ4v) is 9.58. The lowest BCUT2D eigenvalue weighted by Gasteiger charge is -2.24. The Morgan fingerprint density at radius 3 is 0.955 bits per heavy atom. The van der Waals surface area contributed by atoms with Crippen LogP contribution in [-0.2, 0) is 32.7 Å². The summed E-state index contributed by atoms with van der Waals surface area (Å²) in [4.78, 5) is 35.7. The average molecular weight is 974 g/mol. The second kappa shape index (κ2) is 50.0. The van der Waals surface area contributed by atoms with E-state index in [2.05, 4.69) is 13.8 Å². The van der Waals surface area contributed by atoms with Crippen molar-refractivity contribution in [1.29, 1.82) is 0 Å². The van der Waals surface area contributed by atoms with Crippen molar-refractivity contribution < 1.29 is 42.1 Å². The van der Waals surface area contributed by atoms with Crippen molar-refractivity contribution in [3.8, 4) is 0 Å². The first-order valence-corrected chi connectivity index (χ1v) is 30.8. The van der Waals surface area contributed by atoms with Gasteiger partial charge in [-0.1, -0.05) is 277 Å². The number of rotatable bonds is 55. The van der Waals surface area contributed by atoms with Crippen LogP contribution in [0.1, 0.15) is 303 Å². The van der Waals surface area contributed by atoms with Crippen LogP contribution in [0.4, 0.5) is 0 Å². The Labute approximate surface area is 416 Å². The van der Waals surface area contributed by atoms with E-state index >= 15 is 0 Å². The maximum atomic E-state index is 12.8. The van der Waals surface area contributed by atoms with Crippen molar-refractivity contribution in [1.82, 2.24) is 0 Å². The van der Waals surface area contributed by atoms with E-state index < -0.39 is 26.5 Å². The molecule has 0 aliphatic rings. The predicted molar refractivity (Wildman–Crippen MR) is 285 cm³/mol. The molecule has 9 nitrogen and oxygen atoms in total. The van der Waals surface area contributed by atoms with Gasteiger partial charge in [0.1, 0.15) is 19.8 Å². The van der Waals surface area contributed by atoms with Crippen molar-refractivity contribution in [3.63, 3.8) is 0 Å². The number of hydrogen-bond acceptors (Lipinski definition) is 7. The van der Waals surface area contributed by atoms with E-state index in [1.54, 1.807) is 0 Å². The van der Waals surface area contributed by atoms with Crippen molar-refractivity contribution in [2.24, 2.45) is 0 Å². The molecule has 0 aromatic heterocycles. The second-order valence-corrected chi connectivity index (χ2v) is 22.9. The van der Waals surface area contributed by atoms with E-state index in [1.807, 2.05) is 21.1 Å². The van der Waals surface area contributed by atoms with Gasteiger partial charge in [-0.05, 0) is 12.8 Å². The van der Waals surface area contributed by atoms with E-state index in [0.29, 0.717) is 17.4 Å². The number of ether oxygens (including phenoxy) is 2. The summed E-state index contributed by atoms with van der Waals surface area (Å²) in [6, 6.07) is 0. The quantitative estimate of drug-likeness (QED) is 0.0278. The standard InChI is InChI=1S/C57H114NO8P/c1-6-8-10-12-14-16-18-20-22-24-26-28-29-30-32-33-35-37-39-41-43-45-47-49-56(59)63-53-55(54-65-67(61,62)64-52-51-58(3,4)5)66-57(60)50-48-46-44-42-40-38-36-34-31-27-25-23-21-19-17-15-13-11-9-7-2/h55H,6-54H2,1-5H3/p+1/t55-/m1/s1. The zero-order chi connectivity index (χ0) is 49.2. The van der Waals surface area contributed by atoms with E-state index in [1.165, 1.54) is 238 Å². The van der Waals surface area contributed by atoms with Crippen LogP contribution in [-0.4, -0.2) is 74.9 Å². The van der Waals surface area contributed by atoms with Crippen molar-refractivity contribution in [3.05, 3.63) is 0 Å². The van der Waals surface area contributed by atoms with Crippen molar-refractivity contribution >= 4 is 19.8 Å². The highest BCUT2D eigenvalue weighted by Gasteiger charge is 2.27. The molecule has 1 unspecified atom stereocenters. The molecule has 0 bridgehead atoms. The highest BCUT2D eigenvalue weighted by Crippen LogP contribution is 2.43. The van der Waals surface area contributed by atoms with Gasteiger partial charge >= 0.3 is 19.8 Å². The summed E-state index contributed by atoms with van der Waals surface area (Å²) >= 11 is 0. The smallest absolute Gasteiger partial charge is 0.462 e. The van der Waals surface area contributed by atoms with E-state index in [-0.39, 0.29) is 25.6 Å². The number of likely N-dealkylation sites (N-methyl/N-ethyl adjacent to an activating group) is 1. The van der Waals surface area contributed by atoms with Crippen LogP contribution in [0.2, 0.25) is 0 Å². The Bertz CT molecular complexity index is 1100. The Hall–Kier alpha value is -0.990. The van der Waals surface area contributed by atoms with Crippen molar-refractivity contribution in [2.75, 3.05) is 47.5 Å². The van der Waals surface area contributed by atoms with Crippen LogP contribution >= 0.6 is 7.82 Å². The van der Waals surface area contributed by atoms with Gasteiger partial charge in [0.2, 0.25) is 0 Å². The van der Waals surface area contributed by atoms with Gasteiger partial charge in [-0.15, -0.1) is 0 Å². The molecule has 0 rings (SSSR count). The normalized spacial score (nSPS) is 13.2. The molecule has 0 saturated carbocycles. The maximum absolute atomic E-state index is 12.8. The van der Waals surface area contributed by atoms with Crippen LogP contribution in [0.25, 0.3) is 0 Å². The SMILES string of the molecule is CCCCCCCCCCCCCCCCCCCCCCCCCC(=O)OC[C@H](COP(=O)(O)OCC[N+](C)(C)C)OC(=O)CCCCCCCCCCCCCCCCCCCCCC. The largest absolute Gasteiger partial charge is 0.472 e. The Kier molecular flexibility index (Phi) is 49.2. The topological polar surface area (TPSA) is 108 Å². The van der Waals surface area contributed by atoms with Gasteiger partial charge in [-0.2, -0.15) is 0 Å². The van der Waals surface area contributed by atoms with Gasteiger partial charge in [0.25, 0.3) is 0 Å². The van der Waals surface area contributed by atoms with Crippen LogP contribution in [0.5, 0.6) is 0 Å². The van der Waals surface area contributed by atoms with Crippen LogP contribution in [0.15, 0.2) is 0 Å². The number of phosphoric ester groups is 1. The van der Waals surface area contributed by atoms with Gasteiger partial charge in [0, 0.05) is 12.8 Å². The molecule has 0 fully saturated rings. The predicted octanol–water partition coefficient (Wildman–Crippen LogP) is 17.9. The number of hydrogen-bond donors (Lipinski definition) is 1. The summed E-state index contributed by atoms with van der Waals surface area (Å²) in [5.41, 5.74) is 0. The molecule has 0 radical (unpaired) electrons. The highest BCUT2D eigenvalue weighted by atomic mass is 31.2. The number of carbonyl (C=O) groups is 2. The molecular formula is C57H115NO8P+. The van der Waals surface area contributed by atoms with E-state index in [9.17, 15) is 19.0 Å². The molecule has 0 aliphatic heterocycles. The summed E-state index contributed by atoms with van der Waals surface area (Å²) < 4.78 is 34.6. The second-order valence-electron chi connectivity index (χ2n) is 21.4. The summed E-state index contributed by atoms with van der Waals surface area (Å²) in [5, 5.41) is 0. The van der Waals surface area contributed by atoms with Gasteiger partial charge in [-0.3, -0.25) is 18.6 Å². The minimum atomic E-state index is -4.38. The third-order valence-corrected chi connectivity index (χ3v) is 14.4.